The van der Waals surface area contributed by atoms with E-state index in [1.807, 2.05) is 60.7 Å². The van der Waals surface area contributed by atoms with E-state index in [0.29, 0.717) is 28.2 Å². The van der Waals surface area contributed by atoms with Gasteiger partial charge in [0.25, 0.3) is 0 Å². The molecule has 0 saturated heterocycles. The molecule has 0 saturated carbocycles. The topological polar surface area (TPSA) is 59.8 Å². The van der Waals surface area contributed by atoms with Gasteiger partial charge in [-0.1, -0.05) is 48.5 Å². The zero-order valence-electron chi connectivity index (χ0n) is 18.5. The molecule has 35 heavy (non-hydrogen) atoms. The molecule has 5 rings (SSSR count). The number of pyridine rings is 1. The van der Waals surface area contributed by atoms with Crippen LogP contribution in [0, 0.1) is 5.82 Å². The van der Waals surface area contributed by atoms with E-state index in [4.69, 9.17) is 16.7 Å². The number of amides is 1. The smallest absolute Gasteiger partial charge is 0.248 e. The summed E-state index contributed by atoms with van der Waals surface area (Å²) in [4.78, 5) is 17.4. The third-order valence-corrected chi connectivity index (χ3v) is 5.99. The SMILES string of the molecule is O=C(Nc1c(-c2ccncc2)c(-c2ccc(F)cc2)nn1-c1ccccc1)C(Cl)c1ccccc1. The monoisotopic (exact) mass is 482 g/mol. The number of halogens is 2. The van der Waals surface area contributed by atoms with Crippen molar-refractivity contribution in [3.05, 3.63) is 121 Å². The number of benzene rings is 3. The van der Waals surface area contributed by atoms with Gasteiger partial charge in [0.15, 0.2) is 0 Å². The molecule has 0 radical (unpaired) electrons. The summed E-state index contributed by atoms with van der Waals surface area (Å²) in [5.74, 6) is -0.285. The van der Waals surface area contributed by atoms with E-state index >= 15 is 0 Å². The number of hydrogen-bond acceptors (Lipinski definition) is 3. The van der Waals surface area contributed by atoms with Gasteiger partial charge in [-0.2, -0.15) is 5.10 Å². The lowest BCUT2D eigenvalue weighted by atomic mass is 10.0. The Labute approximate surface area is 206 Å². The van der Waals surface area contributed by atoms with Gasteiger partial charge in [-0.3, -0.25) is 9.78 Å². The van der Waals surface area contributed by atoms with Gasteiger partial charge < -0.3 is 5.32 Å². The summed E-state index contributed by atoms with van der Waals surface area (Å²) in [6.45, 7) is 0. The fraction of sp³-hybridized carbons (Fsp3) is 0.0357. The number of aromatic nitrogens is 3. The van der Waals surface area contributed by atoms with Crippen LogP contribution >= 0.6 is 11.6 Å². The molecule has 0 aliphatic carbocycles. The molecule has 0 bridgehead atoms. The lowest BCUT2D eigenvalue weighted by Gasteiger charge is -2.14. The van der Waals surface area contributed by atoms with Crippen molar-refractivity contribution in [1.29, 1.82) is 0 Å². The second-order valence-corrected chi connectivity index (χ2v) is 8.26. The molecule has 1 unspecified atom stereocenters. The van der Waals surface area contributed by atoms with E-state index < -0.39 is 11.3 Å². The second-order valence-electron chi connectivity index (χ2n) is 7.82. The number of anilines is 1. The highest BCUT2D eigenvalue weighted by atomic mass is 35.5. The Balaban J connectivity index is 1.70. The molecule has 0 fully saturated rings. The van der Waals surface area contributed by atoms with E-state index in [1.54, 1.807) is 41.3 Å². The number of carbonyl (C=O) groups excluding carboxylic acids is 1. The van der Waals surface area contributed by atoms with Crippen LogP contribution in [-0.2, 0) is 4.79 Å². The van der Waals surface area contributed by atoms with Crippen molar-refractivity contribution in [2.24, 2.45) is 0 Å². The van der Waals surface area contributed by atoms with Crippen molar-refractivity contribution in [3.63, 3.8) is 0 Å². The zero-order valence-corrected chi connectivity index (χ0v) is 19.2. The van der Waals surface area contributed by atoms with Crippen LogP contribution in [0.5, 0.6) is 0 Å². The van der Waals surface area contributed by atoms with Crippen molar-refractivity contribution in [3.8, 4) is 28.1 Å². The fourth-order valence-corrected chi connectivity index (χ4v) is 4.04. The highest BCUT2D eigenvalue weighted by Crippen LogP contribution is 2.39. The minimum atomic E-state index is -0.908. The van der Waals surface area contributed by atoms with Crippen LogP contribution in [0.4, 0.5) is 10.2 Å². The van der Waals surface area contributed by atoms with Crippen LogP contribution in [-0.4, -0.2) is 20.7 Å². The molecule has 0 aliphatic heterocycles. The van der Waals surface area contributed by atoms with Gasteiger partial charge in [0.2, 0.25) is 5.91 Å². The van der Waals surface area contributed by atoms with Crippen molar-refractivity contribution in [1.82, 2.24) is 14.8 Å². The first-order valence-electron chi connectivity index (χ1n) is 11.0. The van der Waals surface area contributed by atoms with E-state index in [0.717, 1.165) is 11.3 Å². The average Bonchev–Trinajstić information content (AvgIpc) is 3.29. The number of rotatable bonds is 6. The third kappa shape index (κ3) is 4.69. The lowest BCUT2D eigenvalue weighted by Crippen LogP contribution is -2.20. The predicted octanol–water partition coefficient (Wildman–Crippen LogP) is 6.66. The summed E-state index contributed by atoms with van der Waals surface area (Å²) >= 11 is 6.55. The molecule has 1 amide bonds. The molecule has 0 spiro atoms. The maximum absolute atomic E-state index is 13.7. The Hall–Kier alpha value is -4.29. The van der Waals surface area contributed by atoms with Gasteiger partial charge in [0, 0.05) is 18.0 Å². The molecule has 1 atom stereocenters. The maximum atomic E-state index is 13.7. The highest BCUT2D eigenvalue weighted by Gasteiger charge is 2.26. The number of nitrogens with one attached hydrogen (secondary N) is 1. The molecule has 5 aromatic rings. The van der Waals surface area contributed by atoms with Gasteiger partial charge >= 0.3 is 0 Å². The van der Waals surface area contributed by atoms with Crippen LogP contribution in [0.25, 0.3) is 28.1 Å². The van der Waals surface area contributed by atoms with Gasteiger partial charge in [0.1, 0.15) is 22.7 Å². The largest absolute Gasteiger partial charge is 0.308 e. The third-order valence-electron chi connectivity index (χ3n) is 5.54. The first-order valence-corrected chi connectivity index (χ1v) is 11.4. The number of hydrogen-bond donors (Lipinski definition) is 1. The Morgan fingerprint density at radius 3 is 2.11 bits per heavy atom. The molecular weight excluding hydrogens is 463 g/mol. The van der Waals surface area contributed by atoms with Crippen LogP contribution < -0.4 is 5.32 Å². The Bertz CT molecular complexity index is 1440. The average molecular weight is 483 g/mol. The molecule has 3 aromatic carbocycles. The summed E-state index contributed by atoms with van der Waals surface area (Å²) < 4.78 is 15.4. The lowest BCUT2D eigenvalue weighted by molar-refractivity contribution is -0.116. The van der Waals surface area contributed by atoms with Crippen molar-refractivity contribution < 1.29 is 9.18 Å². The van der Waals surface area contributed by atoms with E-state index in [1.165, 1.54) is 12.1 Å². The van der Waals surface area contributed by atoms with E-state index in [2.05, 4.69) is 10.3 Å². The molecule has 1 N–H and O–H groups in total. The van der Waals surface area contributed by atoms with Crippen LogP contribution in [0.3, 0.4) is 0 Å². The van der Waals surface area contributed by atoms with E-state index in [9.17, 15) is 9.18 Å². The van der Waals surface area contributed by atoms with Crippen LogP contribution in [0.2, 0.25) is 0 Å². The molecule has 7 heteroatoms. The normalized spacial score (nSPS) is 11.7. The summed E-state index contributed by atoms with van der Waals surface area (Å²) in [6.07, 6.45) is 3.34. The van der Waals surface area contributed by atoms with Crippen LogP contribution in [0.15, 0.2) is 109 Å². The molecule has 172 valence electrons. The zero-order chi connectivity index (χ0) is 24.2. The van der Waals surface area contributed by atoms with Gasteiger partial charge in [-0.05, 0) is 59.7 Å². The molecule has 5 nitrogen and oxygen atoms in total. The maximum Gasteiger partial charge on any atom is 0.248 e. The van der Waals surface area contributed by atoms with E-state index in [-0.39, 0.29) is 5.82 Å². The molecule has 2 aromatic heterocycles. The Kier molecular flexibility index (Phi) is 6.37. The minimum Gasteiger partial charge on any atom is -0.308 e. The van der Waals surface area contributed by atoms with Crippen molar-refractivity contribution in [2.75, 3.05) is 5.32 Å². The summed E-state index contributed by atoms with van der Waals surface area (Å²) in [5, 5.41) is 6.96. The quantitative estimate of drug-likeness (QED) is 0.275. The molecular formula is C28H20ClFN4O. The predicted molar refractivity (Wildman–Crippen MR) is 136 cm³/mol. The first-order chi connectivity index (χ1) is 17.1. The van der Waals surface area contributed by atoms with Crippen molar-refractivity contribution in [2.45, 2.75) is 5.38 Å². The number of nitrogens with zero attached hydrogens (tertiary/aromatic N) is 3. The van der Waals surface area contributed by atoms with Gasteiger partial charge in [-0.15, -0.1) is 11.6 Å². The van der Waals surface area contributed by atoms with Crippen LogP contribution in [0.1, 0.15) is 10.9 Å². The van der Waals surface area contributed by atoms with Gasteiger partial charge in [0.05, 0.1) is 11.3 Å². The Morgan fingerprint density at radius 1 is 0.829 bits per heavy atom. The first kappa shape index (κ1) is 22.5. The van der Waals surface area contributed by atoms with Crippen molar-refractivity contribution >= 4 is 23.3 Å². The second kappa shape index (κ2) is 9.91. The van der Waals surface area contributed by atoms with Gasteiger partial charge in [-0.25, -0.2) is 9.07 Å². The Morgan fingerprint density at radius 2 is 1.46 bits per heavy atom. The molecule has 0 aliphatic rings. The number of para-hydroxylation sites is 1. The standard InChI is InChI=1S/C28H20ClFN4O/c29-25(20-7-3-1-4-8-20)28(35)32-27-24(19-15-17-31-18-16-19)26(21-11-13-22(30)14-12-21)33-34(27)23-9-5-2-6-10-23/h1-18,25H,(H,32,35). The summed E-state index contributed by atoms with van der Waals surface area (Å²) in [7, 11) is 0. The number of alkyl halides is 1. The fourth-order valence-electron chi connectivity index (χ4n) is 3.84. The highest BCUT2D eigenvalue weighted by molar-refractivity contribution is 6.32. The molecule has 2 heterocycles. The number of carbonyl (C=O) groups is 1. The summed E-state index contributed by atoms with van der Waals surface area (Å²) in [5.41, 5.74) is 4.19. The minimum absolute atomic E-state index is 0.344. The summed E-state index contributed by atoms with van der Waals surface area (Å²) in [6, 6.07) is 28.4.